The van der Waals surface area contributed by atoms with E-state index in [0.717, 1.165) is 27.7 Å². The van der Waals surface area contributed by atoms with Crippen LogP contribution >= 0.6 is 27.3 Å². The number of thiazole rings is 1. The minimum Gasteiger partial charge on any atom is -0.463 e. The van der Waals surface area contributed by atoms with E-state index in [1.807, 2.05) is 56.3 Å². The first-order chi connectivity index (χ1) is 19.2. The summed E-state index contributed by atoms with van der Waals surface area (Å²) in [5.74, 6) is -0.353. The number of fused-ring (bicyclic) bond motifs is 2. The second kappa shape index (κ2) is 11.3. The average Bonchev–Trinajstić information content (AvgIpc) is 3.39. The van der Waals surface area contributed by atoms with Crippen molar-refractivity contribution in [1.82, 2.24) is 4.57 Å². The summed E-state index contributed by atoms with van der Waals surface area (Å²) in [6, 6.07) is 13.0. The lowest BCUT2D eigenvalue weighted by Crippen LogP contribution is -2.41. The van der Waals surface area contributed by atoms with Gasteiger partial charge in [0.05, 0.1) is 35.2 Å². The lowest BCUT2D eigenvalue weighted by Gasteiger charge is -2.26. The van der Waals surface area contributed by atoms with Gasteiger partial charge in [0.25, 0.3) is 11.5 Å². The van der Waals surface area contributed by atoms with Crippen molar-refractivity contribution >= 4 is 50.4 Å². The maximum Gasteiger partial charge on any atom is 0.338 e. The number of ether oxygens (including phenoxy) is 1. The molecule has 0 saturated carbocycles. The van der Waals surface area contributed by atoms with Gasteiger partial charge in [-0.25, -0.2) is 9.79 Å². The van der Waals surface area contributed by atoms with Gasteiger partial charge < -0.3 is 9.64 Å². The minimum absolute atomic E-state index is 0.211. The van der Waals surface area contributed by atoms with E-state index < -0.39 is 12.0 Å². The molecule has 0 spiro atoms. The van der Waals surface area contributed by atoms with Crippen LogP contribution in [0.25, 0.3) is 5.57 Å². The van der Waals surface area contributed by atoms with Gasteiger partial charge in [-0.05, 0) is 55.5 Å². The topological polar surface area (TPSA) is 81.0 Å². The van der Waals surface area contributed by atoms with Gasteiger partial charge in [0.2, 0.25) is 0 Å². The lowest BCUT2D eigenvalue weighted by molar-refractivity contribution is -0.139. The molecular formula is C31H32BrN3O4S. The number of nitrogens with zero attached hydrogens (tertiary/aromatic N) is 3. The molecule has 2 aliphatic heterocycles. The number of hydrogen-bond acceptors (Lipinski definition) is 6. The molecule has 0 fully saturated rings. The first-order valence-electron chi connectivity index (χ1n) is 13.7. The van der Waals surface area contributed by atoms with Crippen LogP contribution in [0.4, 0.5) is 5.69 Å². The van der Waals surface area contributed by atoms with E-state index in [1.54, 1.807) is 16.4 Å². The number of allylic oxidation sites excluding steroid dienone is 1. The molecule has 0 unspecified atom stereocenters. The summed E-state index contributed by atoms with van der Waals surface area (Å²) in [5.41, 5.74) is 4.46. The third kappa shape index (κ3) is 4.69. The van der Waals surface area contributed by atoms with E-state index in [1.165, 1.54) is 11.3 Å². The van der Waals surface area contributed by atoms with Crippen LogP contribution in [0.5, 0.6) is 0 Å². The summed E-state index contributed by atoms with van der Waals surface area (Å²) in [5, 5.41) is 0. The number of benzene rings is 2. The van der Waals surface area contributed by atoms with E-state index in [0.29, 0.717) is 50.6 Å². The number of rotatable bonds is 7. The van der Waals surface area contributed by atoms with E-state index >= 15 is 0 Å². The maximum absolute atomic E-state index is 14.3. The minimum atomic E-state index is -0.715. The number of hydrogen-bond donors (Lipinski definition) is 0. The van der Waals surface area contributed by atoms with Gasteiger partial charge in [0.1, 0.15) is 4.53 Å². The van der Waals surface area contributed by atoms with Crippen molar-refractivity contribution in [3.05, 3.63) is 94.6 Å². The van der Waals surface area contributed by atoms with Gasteiger partial charge in [0.15, 0.2) is 4.80 Å². The number of halogens is 1. The normalized spacial score (nSPS) is 17.7. The largest absolute Gasteiger partial charge is 0.463 e. The molecule has 2 aromatic carbocycles. The Bertz CT molecular complexity index is 1720. The lowest BCUT2D eigenvalue weighted by atomic mass is 9.92. The van der Waals surface area contributed by atoms with Gasteiger partial charge in [-0.1, -0.05) is 78.7 Å². The van der Waals surface area contributed by atoms with Gasteiger partial charge in [-0.2, -0.15) is 0 Å². The van der Waals surface area contributed by atoms with Crippen molar-refractivity contribution in [3.8, 4) is 0 Å². The van der Waals surface area contributed by atoms with Crippen LogP contribution < -0.4 is 19.8 Å². The molecule has 3 aromatic rings. The zero-order valence-corrected chi connectivity index (χ0v) is 25.7. The Morgan fingerprint density at radius 3 is 2.45 bits per heavy atom. The predicted octanol–water partition coefficient (Wildman–Crippen LogP) is 5.20. The van der Waals surface area contributed by atoms with Crippen molar-refractivity contribution < 1.29 is 14.3 Å². The van der Waals surface area contributed by atoms with Crippen LogP contribution in [0.3, 0.4) is 0 Å². The molecule has 9 heteroatoms. The summed E-state index contributed by atoms with van der Waals surface area (Å²) >= 11 is 4.73. The first kappa shape index (κ1) is 28.2. The SMILES string of the molecule is CCCC1=C(C(=O)OCC)[C@@H](c2ccc(C(C)C)cc2)n2c(s/c(=C3/C(=O)N(CC)c4ccc(Br)cc43)c2=O)=N1. The Labute approximate surface area is 245 Å². The van der Waals surface area contributed by atoms with Gasteiger partial charge >= 0.3 is 5.97 Å². The maximum atomic E-state index is 14.3. The highest BCUT2D eigenvalue weighted by molar-refractivity contribution is 9.10. The molecule has 0 saturated heterocycles. The molecule has 208 valence electrons. The molecule has 0 radical (unpaired) electrons. The number of likely N-dealkylation sites (N-methyl/N-ethyl adjacent to an activating group) is 1. The van der Waals surface area contributed by atoms with E-state index in [4.69, 9.17) is 9.73 Å². The number of esters is 1. The Hall–Kier alpha value is -3.30. The summed E-state index contributed by atoms with van der Waals surface area (Å²) in [7, 11) is 0. The second-order valence-corrected chi connectivity index (χ2v) is 12.0. The zero-order valence-electron chi connectivity index (χ0n) is 23.3. The van der Waals surface area contributed by atoms with Crippen LogP contribution in [-0.2, 0) is 14.3 Å². The fourth-order valence-electron chi connectivity index (χ4n) is 5.39. The molecule has 1 amide bonds. The molecule has 0 aliphatic carbocycles. The Kier molecular flexibility index (Phi) is 7.97. The first-order valence-corrected chi connectivity index (χ1v) is 15.3. The Morgan fingerprint density at radius 1 is 1.10 bits per heavy atom. The Balaban J connectivity index is 1.84. The van der Waals surface area contributed by atoms with E-state index in [2.05, 4.69) is 29.8 Å². The summed E-state index contributed by atoms with van der Waals surface area (Å²) in [6.07, 6.45) is 1.33. The van der Waals surface area contributed by atoms with E-state index in [-0.39, 0.29) is 18.1 Å². The molecule has 2 aliphatic rings. The molecule has 0 bridgehead atoms. The van der Waals surface area contributed by atoms with Crippen molar-refractivity contribution in [3.63, 3.8) is 0 Å². The fraction of sp³-hybridized carbons (Fsp3) is 0.355. The second-order valence-electron chi connectivity index (χ2n) is 10.1. The molecule has 40 heavy (non-hydrogen) atoms. The van der Waals surface area contributed by atoms with Crippen molar-refractivity contribution in [2.45, 2.75) is 59.4 Å². The molecule has 3 heterocycles. The number of carbonyl (C=O) groups excluding carboxylic acids is 2. The van der Waals surface area contributed by atoms with Crippen LogP contribution in [0.15, 0.2) is 68.0 Å². The monoisotopic (exact) mass is 621 g/mol. The van der Waals surface area contributed by atoms with Crippen molar-refractivity contribution in [2.24, 2.45) is 4.99 Å². The highest BCUT2D eigenvalue weighted by Gasteiger charge is 2.37. The zero-order chi connectivity index (χ0) is 28.7. The quantitative estimate of drug-likeness (QED) is 0.340. The highest BCUT2D eigenvalue weighted by Crippen LogP contribution is 2.37. The van der Waals surface area contributed by atoms with Crippen LogP contribution in [-0.4, -0.2) is 29.6 Å². The predicted molar refractivity (Wildman–Crippen MR) is 161 cm³/mol. The van der Waals surface area contributed by atoms with Crippen LogP contribution in [0, 0.1) is 0 Å². The fourth-order valence-corrected chi connectivity index (χ4v) is 6.86. The highest BCUT2D eigenvalue weighted by atomic mass is 79.9. The summed E-state index contributed by atoms with van der Waals surface area (Å²) in [4.78, 5) is 48.4. The number of carbonyl (C=O) groups is 2. The van der Waals surface area contributed by atoms with Gasteiger partial charge in [-0.3, -0.25) is 14.2 Å². The molecule has 1 aromatic heterocycles. The molecule has 0 N–H and O–H groups in total. The average molecular weight is 623 g/mol. The smallest absolute Gasteiger partial charge is 0.338 e. The summed E-state index contributed by atoms with van der Waals surface area (Å²) in [6.45, 7) is 10.6. The summed E-state index contributed by atoms with van der Waals surface area (Å²) < 4.78 is 8.21. The third-order valence-corrected chi connectivity index (χ3v) is 8.85. The van der Waals surface area contributed by atoms with Crippen LogP contribution in [0.2, 0.25) is 0 Å². The molecule has 7 nitrogen and oxygen atoms in total. The molecule has 5 rings (SSSR count). The van der Waals surface area contributed by atoms with Gasteiger partial charge in [-0.15, -0.1) is 0 Å². The number of amides is 1. The van der Waals surface area contributed by atoms with Gasteiger partial charge in [0, 0.05) is 16.6 Å². The third-order valence-electron chi connectivity index (χ3n) is 7.31. The number of anilines is 1. The molecular weight excluding hydrogens is 590 g/mol. The van der Waals surface area contributed by atoms with E-state index in [9.17, 15) is 14.4 Å². The standard InChI is InChI=1S/C31H32BrN3O4S/c1-6-9-22-25(30(38)39-8-3)26(19-12-10-18(11-13-19)17(4)5)35-29(37)27(40-31(35)33-22)24-21-16-20(32)14-15-23(21)34(7-2)28(24)36/h10-17,26H,6-9H2,1-5H3/b27-24+/t26-/m1/s1. The van der Waals surface area contributed by atoms with Crippen molar-refractivity contribution in [1.29, 1.82) is 0 Å². The molecule has 1 atom stereocenters. The van der Waals surface area contributed by atoms with Crippen LogP contribution in [0.1, 0.15) is 76.1 Å². The Morgan fingerprint density at radius 2 is 1.82 bits per heavy atom. The number of aromatic nitrogens is 1. The van der Waals surface area contributed by atoms with Crippen molar-refractivity contribution in [2.75, 3.05) is 18.1 Å².